The maximum atomic E-state index is 12.2. The Balaban J connectivity index is 1.32. The SMILES string of the molecule is O=C(C=Cc1ccc(N2CCCC2=O)cc1)Nc1ccc(N2CCOCC2)cc1. The van der Waals surface area contributed by atoms with Crippen LogP contribution in [0, 0.1) is 0 Å². The number of carbonyl (C=O) groups excluding carboxylic acids is 2. The highest BCUT2D eigenvalue weighted by molar-refractivity contribution is 6.02. The van der Waals surface area contributed by atoms with E-state index in [0.717, 1.165) is 61.9 Å². The monoisotopic (exact) mass is 391 g/mol. The van der Waals surface area contributed by atoms with E-state index in [1.165, 1.54) is 6.08 Å². The molecular formula is C23H25N3O3. The molecule has 2 amide bonds. The minimum atomic E-state index is -0.178. The largest absolute Gasteiger partial charge is 0.378 e. The lowest BCUT2D eigenvalue weighted by Gasteiger charge is -2.28. The van der Waals surface area contributed by atoms with Crippen molar-refractivity contribution in [2.45, 2.75) is 12.8 Å². The molecule has 0 atom stereocenters. The second kappa shape index (κ2) is 8.92. The fourth-order valence-electron chi connectivity index (χ4n) is 3.62. The molecule has 2 aliphatic heterocycles. The van der Waals surface area contributed by atoms with Crippen molar-refractivity contribution in [3.8, 4) is 0 Å². The van der Waals surface area contributed by atoms with Gasteiger partial charge in [0.05, 0.1) is 13.2 Å². The zero-order valence-electron chi connectivity index (χ0n) is 16.3. The van der Waals surface area contributed by atoms with Crippen LogP contribution in [-0.2, 0) is 14.3 Å². The van der Waals surface area contributed by atoms with Crippen molar-refractivity contribution in [1.29, 1.82) is 0 Å². The topological polar surface area (TPSA) is 61.9 Å². The lowest BCUT2D eigenvalue weighted by atomic mass is 10.2. The van der Waals surface area contributed by atoms with E-state index in [9.17, 15) is 9.59 Å². The van der Waals surface area contributed by atoms with Crippen molar-refractivity contribution in [3.63, 3.8) is 0 Å². The summed E-state index contributed by atoms with van der Waals surface area (Å²) in [6.45, 7) is 4.05. The van der Waals surface area contributed by atoms with Crippen LogP contribution in [0.3, 0.4) is 0 Å². The van der Waals surface area contributed by atoms with Crippen LogP contribution in [-0.4, -0.2) is 44.7 Å². The summed E-state index contributed by atoms with van der Waals surface area (Å²) in [5.74, 6) is -0.00442. The summed E-state index contributed by atoms with van der Waals surface area (Å²) in [6, 6.07) is 15.5. The molecule has 0 spiro atoms. The number of rotatable bonds is 5. The van der Waals surface area contributed by atoms with Crippen LogP contribution in [0.2, 0.25) is 0 Å². The number of benzene rings is 2. The molecular weight excluding hydrogens is 366 g/mol. The molecule has 2 aliphatic rings. The molecule has 6 heteroatoms. The highest BCUT2D eigenvalue weighted by Gasteiger charge is 2.21. The Bertz CT molecular complexity index is 885. The smallest absolute Gasteiger partial charge is 0.248 e. The molecule has 2 saturated heterocycles. The van der Waals surface area contributed by atoms with Gasteiger partial charge in [0, 0.05) is 49.2 Å². The van der Waals surface area contributed by atoms with Crippen molar-refractivity contribution >= 4 is 35.0 Å². The van der Waals surface area contributed by atoms with E-state index in [-0.39, 0.29) is 11.8 Å². The van der Waals surface area contributed by atoms with E-state index in [4.69, 9.17) is 4.74 Å². The van der Waals surface area contributed by atoms with Gasteiger partial charge in [0.2, 0.25) is 11.8 Å². The Labute approximate surface area is 170 Å². The number of morpholine rings is 1. The number of amides is 2. The van der Waals surface area contributed by atoms with Gasteiger partial charge in [-0.05, 0) is 54.5 Å². The van der Waals surface area contributed by atoms with Crippen molar-refractivity contribution in [2.24, 2.45) is 0 Å². The summed E-state index contributed by atoms with van der Waals surface area (Å²) in [5, 5.41) is 2.88. The lowest BCUT2D eigenvalue weighted by molar-refractivity contribution is -0.117. The number of carbonyl (C=O) groups is 2. The second-order valence-corrected chi connectivity index (χ2v) is 7.21. The van der Waals surface area contributed by atoms with Gasteiger partial charge in [0.1, 0.15) is 0 Å². The standard InChI is InChI=1S/C23H25N3O3/c27-22(24-19-6-10-20(11-7-19)25-14-16-29-17-15-25)12-5-18-3-8-21(9-4-18)26-13-1-2-23(26)28/h3-12H,1-2,13-17H2,(H,24,27). The molecule has 6 nitrogen and oxygen atoms in total. The average Bonchev–Trinajstić information content (AvgIpc) is 3.20. The molecule has 0 aromatic heterocycles. The minimum Gasteiger partial charge on any atom is -0.378 e. The van der Waals surface area contributed by atoms with Crippen LogP contribution >= 0.6 is 0 Å². The molecule has 4 rings (SSSR count). The molecule has 2 aromatic rings. The van der Waals surface area contributed by atoms with Gasteiger partial charge in [0.25, 0.3) is 0 Å². The first-order chi connectivity index (χ1) is 14.2. The highest BCUT2D eigenvalue weighted by Crippen LogP contribution is 2.22. The van der Waals surface area contributed by atoms with Gasteiger partial charge >= 0.3 is 0 Å². The summed E-state index contributed by atoms with van der Waals surface area (Å²) in [7, 11) is 0. The maximum Gasteiger partial charge on any atom is 0.248 e. The maximum absolute atomic E-state index is 12.2. The van der Waals surface area contributed by atoms with Crippen LogP contribution in [0.5, 0.6) is 0 Å². The second-order valence-electron chi connectivity index (χ2n) is 7.21. The van der Waals surface area contributed by atoms with Gasteiger partial charge < -0.3 is 19.9 Å². The number of nitrogens with one attached hydrogen (secondary N) is 1. The number of hydrogen-bond donors (Lipinski definition) is 1. The first-order valence-corrected chi connectivity index (χ1v) is 10.0. The fraction of sp³-hybridized carbons (Fsp3) is 0.304. The highest BCUT2D eigenvalue weighted by atomic mass is 16.5. The van der Waals surface area contributed by atoms with Crippen LogP contribution in [0.4, 0.5) is 17.1 Å². The number of hydrogen-bond acceptors (Lipinski definition) is 4. The van der Waals surface area contributed by atoms with Crippen molar-refractivity contribution in [2.75, 3.05) is 48.0 Å². The molecule has 0 unspecified atom stereocenters. The molecule has 0 saturated carbocycles. The summed E-state index contributed by atoms with van der Waals surface area (Å²) in [4.78, 5) is 28.1. The molecule has 0 aliphatic carbocycles. The average molecular weight is 391 g/mol. The number of ether oxygens (including phenoxy) is 1. The summed E-state index contributed by atoms with van der Waals surface area (Å²) in [6.07, 6.45) is 4.82. The van der Waals surface area contributed by atoms with Crippen LogP contribution < -0.4 is 15.1 Å². The third kappa shape index (κ3) is 4.84. The van der Waals surface area contributed by atoms with Gasteiger partial charge in [-0.15, -0.1) is 0 Å². The molecule has 29 heavy (non-hydrogen) atoms. The predicted molar refractivity (Wildman–Crippen MR) is 115 cm³/mol. The first kappa shape index (κ1) is 19.2. The summed E-state index contributed by atoms with van der Waals surface area (Å²) < 4.78 is 5.37. The van der Waals surface area contributed by atoms with Crippen molar-refractivity contribution in [3.05, 3.63) is 60.2 Å². The molecule has 2 heterocycles. The molecule has 1 N–H and O–H groups in total. The number of anilines is 3. The number of nitrogens with zero attached hydrogens (tertiary/aromatic N) is 2. The van der Waals surface area contributed by atoms with Gasteiger partial charge in [-0.2, -0.15) is 0 Å². The van der Waals surface area contributed by atoms with Crippen molar-refractivity contribution in [1.82, 2.24) is 0 Å². The van der Waals surface area contributed by atoms with E-state index in [1.54, 1.807) is 11.0 Å². The molecule has 2 aromatic carbocycles. The van der Waals surface area contributed by atoms with E-state index in [1.807, 2.05) is 48.5 Å². The zero-order valence-corrected chi connectivity index (χ0v) is 16.3. The normalized spacial score (nSPS) is 17.2. The predicted octanol–water partition coefficient (Wildman–Crippen LogP) is 3.30. The molecule has 0 radical (unpaired) electrons. The van der Waals surface area contributed by atoms with Gasteiger partial charge in [-0.3, -0.25) is 9.59 Å². The van der Waals surface area contributed by atoms with Crippen LogP contribution in [0.25, 0.3) is 6.08 Å². The van der Waals surface area contributed by atoms with Crippen LogP contribution in [0.15, 0.2) is 54.6 Å². The Morgan fingerprint density at radius 1 is 0.931 bits per heavy atom. The Morgan fingerprint density at radius 2 is 1.62 bits per heavy atom. The van der Waals surface area contributed by atoms with Gasteiger partial charge in [0.15, 0.2) is 0 Å². The summed E-state index contributed by atoms with van der Waals surface area (Å²) >= 11 is 0. The van der Waals surface area contributed by atoms with E-state index >= 15 is 0 Å². The fourth-order valence-corrected chi connectivity index (χ4v) is 3.62. The van der Waals surface area contributed by atoms with E-state index in [2.05, 4.69) is 10.2 Å². The summed E-state index contributed by atoms with van der Waals surface area (Å²) in [5.41, 5.74) is 3.73. The minimum absolute atomic E-state index is 0.173. The quantitative estimate of drug-likeness (QED) is 0.795. The zero-order chi connectivity index (χ0) is 20.1. The Hall–Kier alpha value is -3.12. The van der Waals surface area contributed by atoms with Crippen LogP contribution in [0.1, 0.15) is 18.4 Å². The van der Waals surface area contributed by atoms with E-state index < -0.39 is 0 Å². The van der Waals surface area contributed by atoms with Crippen molar-refractivity contribution < 1.29 is 14.3 Å². The third-order valence-electron chi connectivity index (χ3n) is 5.22. The molecule has 0 bridgehead atoms. The van der Waals surface area contributed by atoms with Gasteiger partial charge in [-0.1, -0.05) is 12.1 Å². The van der Waals surface area contributed by atoms with E-state index in [0.29, 0.717) is 6.42 Å². The first-order valence-electron chi connectivity index (χ1n) is 10.0. The lowest BCUT2D eigenvalue weighted by Crippen LogP contribution is -2.36. The third-order valence-corrected chi connectivity index (χ3v) is 5.22. The Kier molecular flexibility index (Phi) is 5.91. The van der Waals surface area contributed by atoms with Gasteiger partial charge in [-0.25, -0.2) is 0 Å². The molecule has 150 valence electrons. The Morgan fingerprint density at radius 3 is 2.28 bits per heavy atom. The molecule has 2 fully saturated rings.